The Morgan fingerprint density at radius 1 is 1.29 bits per heavy atom. The number of hydrogen-bond donors (Lipinski definition) is 2. The van der Waals surface area contributed by atoms with Crippen LogP contribution in [0.4, 0.5) is 0 Å². The van der Waals surface area contributed by atoms with Gasteiger partial charge in [-0.25, -0.2) is 0 Å². The average Bonchev–Trinajstić information content (AvgIpc) is 3.21. The van der Waals surface area contributed by atoms with Crippen LogP contribution in [0.3, 0.4) is 0 Å². The predicted molar refractivity (Wildman–Crippen MR) is 92.9 cm³/mol. The SMILES string of the molecule is COc1cccc([C@H]2C[C@H](O)CN2Cc2ccc3cn[nH]c3c2)c1. The zero-order valence-corrected chi connectivity index (χ0v) is 13.6. The first-order valence-electron chi connectivity index (χ1n) is 8.21. The highest BCUT2D eigenvalue weighted by Gasteiger charge is 2.32. The minimum absolute atomic E-state index is 0.201. The number of benzene rings is 2. The van der Waals surface area contributed by atoms with E-state index in [2.05, 4.69) is 45.4 Å². The van der Waals surface area contributed by atoms with Crippen LogP contribution in [-0.4, -0.2) is 40.0 Å². The normalized spacial score (nSPS) is 21.4. The van der Waals surface area contributed by atoms with Crippen LogP contribution in [0.1, 0.15) is 23.6 Å². The summed E-state index contributed by atoms with van der Waals surface area (Å²) in [5, 5.41) is 18.4. The van der Waals surface area contributed by atoms with Gasteiger partial charge in [0.15, 0.2) is 0 Å². The van der Waals surface area contributed by atoms with E-state index < -0.39 is 0 Å². The van der Waals surface area contributed by atoms with E-state index in [1.807, 2.05) is 18.3 Å². The van der Waals surface area contributed by atoms with Crippen LogP contribution in [0.2, 0.25) is 0 Å². The lowest BCUT2D eigenvalue weighted by molar-refractivity contribution is 0.172. The number of ether oxygens (including phenoxy) is 1. The number of nitrogens with one attached hydrogen (secondary N) is 1. The average molecular weight is 323 g/mol. The van der Waals surface area contributed by atoms with Crippen LogP contribution < -0.4 is 4.74 Å². The zero-order valence-electron chi connectivity index (χ0n) is 13.6. The Kier molecular flexibility index (Phi) is 3.96. The molecule has 1 aliphatic heterocycles. The Morgan fingerprint density at radius 3 is 3.08 bits per heavy atom. The molecule has 5 nitrogen and oxygen atoms in total. The third-order valence-corrected chi connectivity index (χ3v) is 4.75. The molecule has 0 unspecified atom stereocenters. The number of β-amino-alcohol motifs (C(OH)–C–C–N with tert-alkyl or cyclic N) is 1. The predicted octanol–water partition coefficient (Wildman–Crippen LogP) is 2.88. The van der Waals surface area contributed by atoms with Crippen LogP contribution in [0.25, 0.3) is 10.9 Å². The number of rotatable bonds is 4. The Bertz CT molecular complexity index is 845. The summed E-state index contributed by atoms with van der Waals surface area (Å²) in [6.07, 6.45) is 2.29. The molecule has 0 saturated carbocycles. The summed E-state index contributed by atoms with van der Waals surface area (Å²) >= 11 is 0. The lowest BCUT2D eigenvalue weighted by atomic mass is 10.0. The molecule has 0 spiro atoms. The molecule has 3 aromatic rings. The van der Waals surface area contributed by atoms with Crippen molar-refractivity contribution in [2.24, 2.45) is 0 Å². The Balaban J connectivity index is 1.59. The molecule has 5 heteroatoms. The van der Waals surface area contributed by atoms with Crippen molar-refractivity contribution in [2.75, 3.05) is 13.7 Å². The topological polar surface area (TPSA) is 61.4 Å². The molecule has 1 aromatic heterocycles. The molecule has 4 rings (SSSR count). The van der Waals surface area contributed by atoms with Crippen molar-refractivity contribution in [3.8, 4) is 5.75 Å². The number of aliphatic hydroxyl groups excluding tert-OH is 1. The first kappa shape index (κ1) is 15.2. The first-order valence-corrected chi connectivity index (χ1v) is 8.21. The molecule has 124 valence electrons. The minimum Gasteiger partial charge on any atom is -0.497 e. The summed E-state index contributed by atoms with van der Waals surface area (Å²) < 4.78 is 5.34. The Morgan fingerprint density at radius 2 is 2.21 bits per heavy atom. The van der Waals surface area contributed by atoms with Gasteiger partial charge in [0, 0.05) is 24.5 Å². The highest BCUT2D eigenvalue weighted by molar-refractivity contribution is 5.78. The fraction of sp³-hybridized carbons (Fsp3) is 0.316. The van der Waals surface area contributed by atoms with Gasteiger partial charge in [-0.3, -0.25) is 10.00 Å². The number of nitrogens with zero attached hydrogens (tertiary/aromatic N) is 2. The van der Waals surface area contributed by atoms with E-state index in [0.717, 1.165) is 29.6 Å². The third kappa shape index (κ3) is 2.88. The number of aliphatic hydroxyl groups is 1. The molecule has 2 N–H and O–H groups in total. The smallest absolute Gasteiger partial charge is 0.119 e. The fourth-order valence-electron chi connectivity index (χ4n) is 3.57. The summed E-state index contributed by atoms with van der Waals surface area (Å²) in [6, 6.07) is 14.7. The van der Waals surface area contributed by atoms with Crippen molar-refractivity contribution in [1.29, 1.82) is 0 Å². The largest absolute Gasteiger partial charge is 0.497 e. The summed E-state index contributed by atoms with van der Waals surface area (Å²) in [5.41, 5.74) is 3.45. The van der Waals surface area contributed by atoms with Crippen LogP contribution >= 0.6 is 0 Å². The van der Waals surface area contributed by atoms with E-state index >= 15 is 0 Å². The number of methoxy groups -OCH3 is 1. The Labute approximate surface area is 140 Å². The Hall–Kier alpha value is -2.37. The second kappa shape index (κ2) is 6.26. The molecule has 0 radical (unpaired) electrons. The minimum atomic E-state index is -0.294. The molecule has 2 aromatic carbocycles. The fourth-order valence-corrected chi connectivity index (χ4v) is 3.57. The lowest BCUT2D eigenvalue weighted by Gasteiger charge is -2.25. The van der Waals surface area contributed by atoms with E-state index in [-0.39, 0.29) is 12.1 Å². The van der Waals surface area contributed by atoms with Gasteiger partial charge in [0.25, 0.3) is 0 Å². The van der Waals surface area contributed by atoms with Gasteiger partial charge in [0.2, 0.25) is 0 Å². The zero-order chi connectivity index (χ0) is 16.5. The summed E-state index contributed by atoms with van der Waals surface area (Å²) in [7, 11) is 1.68. The van der Waals surface area contributed by atoms with E-state index in [4.69, 9.17) is 4.74 Å². The summed E-state index contributed by atoms with van der Waals surface area (Å²) in [4.78, 5) is 2.33. The number of likely N-dealkylation sites (tertiary alicyclic amines) is 1. The van der Waals surface area contributed by atoms with Crippen molar-refractivity contribution in [3.05, 3.63) is 59.8 Å². The maximum Gasteiger partial charge on any atom is 0.119 e. The molecular formula is C19H21N3O2. The van der Waals surface area contributed by atoms with Crippen molar-refractivity contribution >= 4 is 10.9 Å². The van der Waals surface area contributed by atoms with Gasteiger partial charge >= 0.3 is 0 Å². The van der Waals surface area contributed by atoms with Crippen molar-refractivity contribution in [3.63, 3.8) is 0 Å². The van der Waals surface area contributed by atoms with Gasteiger partial charge in [-0.15, -0.1) is 0 Å². The molecule has 0 amide bonds. The van der Waals surface area contributed by atoms with Gasteiger partial charge in [0.1, 0.15) is 5.75 Å². The van der Waals surface area contributed by atoms with Crippen LogP contribution in [0.5, 0.6) is 5.75 Å². The molecule has 0 bridgehead atoms. The number of H-pyrrole nitrogens is 1. The molecule has 2 atom stereocenters. The second-order valence-electron chi connectivity index (χ2n) is 6.40. The molecule has 1 saturated heterocycles. The molecular weight excluding hydrogens is 302 g/mol. The van der Waals surface area contributed by atoms with Gasteiger partial charge < -0.3 is 9.84 Å². The third-order valence-electron chi connectivity index (χ3n) is 4.75. The first-order chi connectivity index (χ1) is 11.7. The van der Waals surface area contributed by atoms with Crippen molar-refractivity contribution in [1.82, 2.24) is 15.1 Å². The second-order valence-corrected chi connectivity index (χ2v) is 6.40. The number of hydrogen-bond acceptors (Lipinski definition) is 4. The van der Waals surface area contributed by atoms with Gasteiger partial charge in [-0.2, -0.15) is 5.10 Å². The molecule has 0 aliphatic carbocycles. The summed E-state index contributed by atoms with van der Waals surface area (Å²) in [5.74, 6) is 0.854. The molecule has 1 aliphatic rings. The lowest BCUT2D eigenvalue weighted by Crippen LogP contribution is -2.24. The summed E-state index contributed by atoms with van der Waals surface area (Å²) in [6.45, 7) is 1.48. The van der Waals surface area contributed by atoms with E-state index in [1.54, 1.807) is 7.11 Å². The molecule has 1 fully saturated rings. The molecule has 24 heavy (non-hydrogen) atoms. The van der Waals surface area contributed by atoms with Gasteiger partial charge in [-0.1, -0.05) is 24.3 Å². The quantitative estimate of drug-likeness (QED) is 0.775. The standard InChI is InChI=1S/C19H21N3O2/c1-24-17-4-2-3-14(8-17)19-9-16(23)12-22(19)11-13-5-6-15-10-20-21-18(15)7-13/h2-8,10,16,19,23H,9,11-12H2,1H3,(H,20,21)/t16-,19+/m0/s1. The highest BCUT2D eigenvalue weighted by Crippen LogP contribution is 2.35. The number of aromatic nitrogens is 2. The van der Waals surface area contributed by atoms with Gasteiger partial charge in [0.05, 0.1) is 24.9 Å². The van der Waals surface area contributed by atoms with Crippen molar-refractivity contribution in [2.45, 2.75) is 25.1 Å². The number of fused-ring (bicyclic) bond motifs is 1. The van der Waals surface area contributed by atoms with Crippen LogP contribution in [-0.2, 0) is 6.54 Å². The van der Waals surface area contributed by atoms with E-state index in [9.17, 15) is 5.11 Å². The van der Waals surface area contributed by atoms with Crippen molar-refractivity contribution < 1.29 is 9.84 Å². The van der Waals surface area contributed by atoms with Gasteiger partial charge in [-0.05, 0) is 35.7 Å². The highest BCUT2D eigenvalue weighted by atomic mass is 16.5. The van der Waals surface area contributed by atoms with E-state index in [0.29, 0.717) is 6.54 Å². The maximum atomic E-state index is 10.2. The number of aromatic amines is 1. The maximum absolute atomic E-state index is 10.2. The van der Waals surface area contributed by atoms with Crippen LogP contribution in [0, 0.1) is 0 Å². The molecule has 2 heterocycles. The van der Waals surface area contributed by atoms with Crippen LogP contribution in [0.15, 0.2) is 48.7 Å². The monoisotopic (exact) mass is 323 g/mol. The van der Waals surface area contributed by atoms with E-state index in [1.165, 1.54) is 11.1 Å².